The van der Waals surface area contributed by atoms with Crippen LogP contribution in [0.1, 0.15) is 59.3 Å². The molecule has 0 aromatic carbocycles. The Labute approximate surface area is 99.8 Å². The van der Waals surface area contributed by atoms with Crippen molar-refractivity contribution in [2.75, 3.05) is 13.6 Å². The molecule has 0 heterocycles. The van der Waals surface area contributed by atoms with Gasteiger partial charge in [0.2, 0.25) is 0 Å². The fourth-order valence-corrected chi connectivity index (χ4v) is 1.57. The molecule has 0 aromatic heterocycles. The summed E-state index contributed by atoms with van der Waals surface area (Å²) in [7, 11) is 1.89. The SMILES string of the molecule is CCCCCCCCN(C)C(C)(C)C(=O)O. The van der Waals surface area contributed by atoms with Gasteiger partial charge in [-0.1, -0.05) is 39.0 Å². The molecule has 0 aliphatic heterocycles. The summed E-state index contributed by atoms with van der Waals surface area (Å²) in [6, 6.07) is 0. The molecule has 0 radical (unpaired) electrons. The molecule has 0 atom stereocenters. The minimum Gasteiger partial charge on any atom is -0.480 e. The summed E-state index contributed by atoms with van der Waals surface area (Å²) < 4.78 is 0. The van der Waals surface area contributed by atoms with Crippen molar-refractivity contribution in [2.24, 2.45) is 0 Å². The molecular formula is C13H27NO2. The highest BCUT2D eigenvalue weighted by Crippen LogP contribution is 2.14. The molecule has 0 unspecified atom stereocenters. The summed E-state index contributed by atoms with van der Waals surface area (Å²) in [5, 5.41) is 9.04. The van der Waals surface area contributed by atoms with Crippen molar-refractivity contribution in [3.05, 3.63) is 0 Å². The van der Waals surface area contributed by atoms with Crippen LogP contribution in [0.2, 0.25) is 0 Å². The van der Waals surface area contributed by atoms with Gasteiger partial charge >= 0.3 is 5.97 Å². The van der Waals surface area contributed by atoms with E-state index in [1.807, 2.05) is 11.9 Å². The van der Waals surface area contributed by atoms with Crippen LogP contribution in [0.3, 0.4) is 0 Å². The van der Waals surface area contributed by atoms with E-state index in [0.717, 1.165) is 13.0 Å². The Kier molecular flexibility index (Phi) is 7.39. The Morgan fingerprint density at radius 3 is 2.12 bits per heavy atom. The molecular weight excluding hydrogens is 202 g/mol. The average Bonchev–Trinajstić information content (AvgIpc) is 2.22. The molecule has 0 aromatic rings. The first-order chi connectivity index (χ1) is 7.42. The van der Waals surface area contributed by atoms with Gasteiger partial charge in [0, 0.05) is 0 Å². The zero-order chi connectivity index (χ0) is 12.6. The second kappa shape index (κ2) is 7.66. The zero-order valence-electron chi connectivity index (χ0n) is 11.3. The van der Waals surface area contributed by atoms with Crippen molar-refractivity contribution in [2.45, 2.75) is 64.8 Å². The van der Waals surface area contributed by atoms with Gasteiger partial charge in [-0.15, -0.1) is 0 Å². The van der Waals surface area contributed by atoms with Gasteiger partial charge in [0.25, 0.3) is 0 Å². The maximum Gasteiger partial charge on any atom is 0.323 e. The van der Waals surface area contributed by atoms with Gasteiger partial charge in [-0.3, -0.25) is 9.69 Å². The number of carbonyl (C=O) groups is 1. The van der Waals surface area contributed by atoms with Crippen LogP contribution in [0.15, 0.2) is 0 Å². The maximum absolute atomic E-state index is 11.0. The van der Waals surface area contributed by atoms with Gasteiger partial charge in [-0.2, -0.15) is 0 Å². The first-order valence-corrected chi connectivity index (χ1v) is 6.37. The summed E-state index contributed by atoms with van der Waals surface area (Å²) in [6.45, 7) is 6.59. The normalized spacial score (nSPS) is 12.1. The van der Waals surface area contributed by atoms with Gasteiger partial charge in [0.1, 0.15) is 5.54 Å². The molecule has 96 valence electrons. The minimum absolute atomic E-state index is 0.747. The zero-order valence-corrected chi connectivity index (χ0v) is 11.3. The largest absolute Gasteiger partial charge is 0.480 e. The van der Waals surface area contributed by atoms with Crippen molar-refractivity contribution in [1.29, 1.82) is 0 Å². The second-order valence-corrected chi connectivity index (χ2v) is 5.05. The topological polar surface area (TPSA) is 40.5 Å². The number of likely N-dealkylation sites (N-methyl/N-ethyl adjacent to an activating group) is 1. The molecule has 3 nitrogen and oxygen atoms in total. The molecule has 0 bridgehead atoms. The Balaban J connectivity index is 3.65. The van der Waals surface area contributed by atoms with Crippen molar-refractivity contribution < 1.29 is 9.90 Å². The van der Waals surface area contributed by atoms with Crippen LogP contribution in [0, 0.1) is 0 Å². The highest BCUT2D eigenvalue weighted by Gasteiger charge is 2.31. The standard InChI is InChI=1S/C13H27NO2/c1-5-6-7-8-9-10-11-14(4)13(2,3)12(15)16/h5-11H2,1-4H3,(H,15,16). The Morgan fingerprint density at radius 1 is 1.12 bits per heavy atom. The highest BCUT2D eigenvalue weighted by atomic mass is 16.4. The van der Waals surface area contributed by atoms with E-state index in [1.54, 1.807) is 13.8 Å². The van der Waals surface area contributed by atoms with E-state index in [9.17, 15) is 4.79 Å². The predicted molar refractivity (Wildman–Crippen MR) is 67.7 cm³/mol. The molecule has 0 rings (SSSR count). The van der Waals surface area contributed by atoms with Gasteiger partial charge < -0.3 is 5.11 Å². The van der Waals surface area contributed by atoms with E-state index < -0.39 is 11.5 Å². The molecule has 0 spiro atoms. The molecule has 0 saturated heterocycles. The number of aliphatic carboxylic acids is 1. The molecule has 3 heteroatoms. The average molecular weight is 229 g/mol. The van der Waals surface area contributed by atoms with Crippen LogP contribution in [-0.4, -0.2) is 35.1 Å². The fourth-order valence-electron chi connectivity index (χ4n) is 1.57. The lowest BCUT2D eigenvalue weighted by Crippen LogP contribution is -2.48. The van der Waals surface area contributed by atoms with Crippen LogP contribution in [0.5, 0.6) is 0 Å². The van der Waals surface area contributed by atoms with Crippen LogP contribution in [0.4, 0.5) is 0 Å². The number of nitrogens with zero attached hydrogens (tertiary/aromatic N) is 1. The fraction of sp³-hybridized carbons (Fsp3) is 0.923. The lowest BCUT2D eigenvalue weighted by Gasteiger charge is -2.31. The molecule has 1 N–H and O–H groups in total. The lowest BCUT2D eigenvalue weighted by atomic mass is 10.0. The smallest absolute Gasteiger partial charge is 0.323 e. The number of rotatable bonds is 9. The monoisotopic (exact) mass is 229 g/mol. The third-order valence-electron chi connectivity index (χ3n) is 3.32. The first kappa shape index (κ1) is 15.4. The van der Waals surface area contributed by atoms with Crippen molar-refractivity contribution in [1.82, 2.24) is 4.90 Å². The van der Waals surface area contributed by atoms with Gasteiger partial charge in [-0.05, 0) is 33.9 Å². The van der Waals surface area contributed by atoms with E-state index in [-0.39, 0.29) is 0 Å². The van der Waals surface area contributed by atoms with Crippen molar-refractivity contribution in [3.8, 4) is 0 Å². The maximum atomic E-state index is 11.0. The lowest BCUT2D eigenvalue weighted by molar-refractivity contribution is -0.148. The van der Waals surface area contributed by atoms with Gasteiger partial charge in [0.15, 0.2) is 0 Å². The van der Waals surface area contributed by atoms with E-state index >= 15 is 0 Å². The number of unbranched alkanes of at least 4 members (excludes halogenated alkanes) is 5. The molecule has 0 saturated carbocycles. The number of hydrogen-bond acceptors (Lipinski definition) is 2. The third-order valence-corrected chi connectivity index (χ3v) is 3.32. The third kappa shape index (κ3) is 5.50. The summed E-state index contributed by atoms with van der Waals surface area (Å²) >= 11 is 0. The Hall–Kier alpha value is -0.570. The summed E-state index contributed by atoms with van der Waals surface area (Å²) in [6.07, 6.45) is 7.47. The number of hydrogen-bond donors (Lipinski definition) is 1. The molecule has 0 aliphatic rings. The first-order valence-electron chi connectivity index (χ1n) is 6.37. The summed E-state index contributed by atoms with van der Waals surface area (Å²) in [5.41, 5.74) is -0.747. The van der Waals surface area contributed by atoms with Crippen molar-refractivity contribution >= 4 is 5.97 Å². The Bertz CT molecular complexity index is 202. The van der Waals surface area contributed by atoms with Gasteiger partial charge in [0.05, 0.1) is 0 Å². The van der Waals surface area contributed by atoms with Crippen LogP contribution in [0.25, 0.3) is 0 Å². The number of carboxylic acids is 1. The Morgan fingerprint density at radius 2 is 1.62 bits per heavy atom. The predicted octanol–water partition coefficient (Wildman–Crippen LogP) is 3.14. The molecule has 0 fully saturated rings. The quantitative estimate of drug-likeness (QED) is 0.617. The van der Waals surface area contributed by atoms with E-state index in [2.05, 4.69) is 6.92 Å². The molecule has 16 heavy (non-hydrogen) atoms. The van der Waals surface area contributed by atoms with E-state index in [0.29, 0.717) is 0 Å². The molecule has 0 aliphatic carbocycles. The summed E-state index contributed by atoms with van der Waals surface area (Å²) in [4.78, 5) is 12.9. The van der Waals surface area contributed by atoms with E-state index in [1.165, 1.54) is 32.1 Å². The highest BCUT2D eigenvalue weighted by molar-refractivity contribution is 5.77. The number of carboxylic acid groups (broad SMARTS) is 1. The van der Waals surface area contributed by atoms with Crippen LogP contribution < -0.4 is 0 Å². The van der Waals surface area contributed by atoms with E-state index in [4.69, 9.17) is 5.11 Å². The molecule has 0 amide bonds. The second-order valence-electron chi connectivity index (χ2n) is 5.05. The van der Waals surface area contributed by atoms with Crippen molar-refractivity contribution in [3.63, 3.8) is 0 Å². The van der Waals surface area contributed by atoms with Crippen LogP contribution in [-0.2, 0) is 4.79 Å². The van der Waals surface area contributed by atoms with Gasteiger partial charge in [-0.25, -0.2) is 0 Å². The minimum atomic E-state index is -0.749. The van der Waals surface area contributed by atoms with Crippen LogP contribution >= 0.6 is 0 Å². The summed E-state index contributed by atoms with van der Waals surface area (Å²) in [5.74, 6) is -0.749.